The summed E-state index contributed by atoms with van der Waals surface area (Å²) in [4.78, 5) is 10.1. The first-order valence-corrected chi connectivity index (χ1v) is 8.52. The van der Waals surface area contributed by atoms with Gasteiger partial charge in [0.2, 0.25) is 0 Å². The van der Waals surface area contributed by atoms with Crippen LogP contribution in [0.15, 0.2) is 20.5 Å². The number of hydrogen-bond donors (Lipinski definition) is 3. The molecule has 2 aliphatic rings. The Morgan fingerprint density at radius 3 is 2.13 bits per heavy atom. The van der Waals surface area contributed by atoms with Crippen LogP contribution in [0.5, 0.6) is 0 Å². The van der Waals surface area contributed by atoms with Crippen LogP contribution in [-0.4, -0.2) is 83.0 Å². The SMILES string of the molecule is [N-]=[N+]=NCC1OC(OC2C(N=[N+]=[N-])CC(N=[N+]=[N-])C(O)C2O)C(N=[N+]=[N-])C(F)C1O. The van der Waals surface area contributed by atoms with Crippen molar-refractivity contribution >= 4 is 0 Å². The summed E-state index contributed by atoms with van der Waals surface area (Å²) in [6.45, 7) is -0.477. The summed E-state index contributed by atoms with van der Waals surface area (Å²) in [6.07, 6.45) is -12.1. The second-order valence-corrected chi connectivity index (χ2v) is 6.45. The van der Waals surface area contributed by atoms with Crippen LogP contribution in [0.1, 0.15) is 6.42 Å². The van der Waals surface area contributed by atoms with E-state index in [4.69, 9.17) is 31.6 Å². The van der Waals surface area contributed by atoms with Gasteiger partial charge in [-0.05, 0) is 28.5 Å². The summed E-state index contributed by atoms with van der Waals surface area (Å²) in [6, 6.07) is -4.01. The fraction of sp³-hybridized carbons (Fsp3) is 1.00. The average molecular weight is 428 g/mol. The van der Waals surface area contributed by atoms with Gasteiger partial charge >= 0.3 is 0 Å². The molecule has 10 atom stereocenters. The number of azide groups is 4. The topological polar surface area (TPSA) is 274 Å². The molecule has 2 rings (SSSR count). The molecule has 0 aromatic carbocycles. The number of hydrogen-bond acceptors (Lipinski definition) is 9. The van der Waals surface area contributed by atoms with Crippen LogP contribution in [0.4, 0.5) is 4.39 Å². The average Bonchev–Trinajstić information content (AvgIpc) is 2.73. The third kappa shape index (κ3) is 4.93. The maximum atomic E-state index is 14.6. The van der Waals surface area contributed by atoms with E-state index in [9.17, 15) is 19.7 Å². The number of nitrogens with zero attached hydrogens (tertiary/aromatic N) is 12. The zero-order chi connectivity index (χ0) is 22.3. The van der Waals surface area contributed by atoms with Crippen LogP contribution in [-0.2, 0) is 9.47 Å². The van der Waals surface area contributed by atoms with Crippen molar-refractivity contribution in [2.45, 2.75) is 67.5 Å². The zero-order valence-electron chi connectivity index (χ0n) is 15.1. The first kappa shape index (κ1) is 23.3. The molecule has 2 fully saturated rings. The van der Waals surface area contributed by atoms with Gasteiger partial charge in [-0.3, -0.25) is 0 Å². The molecule has 0 amide bonds. The summed E-state index contributed by atoms with van der Waals surface area (Å²) >= 11 is 0. The second kappa shape index (κ2) is 10.7. The van der Waals surface area contributed by atoms with Crippen molar-refractivity contribution in [1.82, 2.24) is 0 Å². The van der Waals surface area contributed by atoms with Crippen LogP contribution < -0.4 is 0 Å². The number of ether oxygens (including phenoxy) is 2. The molecule has 1 saturated heterocycles. The van der Waals surface area contributed by atoms with Crippen molar-refractivity contribution in [2.75, 3.05) is 6.54 Å². The third-order valence-corrected chi connectivity index (χ3v) is 4.77. The van der Waals surface area contributed by atoms with E-state index >= 15 is 0 Å². The molecule has 162 valence electrons. The quantitative estimate of drug-likeness (QED) is 0.306. The molecule has 1 aliphatic heterocycles. The minimum atomic E-state index is -2.18. The lowest BCUT2D eigenvalue weighted by Gasteiger charge is -2.44. The molecule has 0 radical (unpaired) electrons. The molecule has 0 spiro atoms. The van der Waals surface area contributed by atoms with Gasteiger partial charge in [0.15, 0.2) is 6.29 Å². The van der Waals surface area contributed by atoms with Crippen molar-refractivity contribution in [2.24, 2.45) is 20.5 Å². The summed E-state index contributed by atoms with van der Waals surface area (Å²) < 4.78 is 25.5. The molecule has 1 aliphatic carbocycles. The Bertz CT molecular complexity index is 805. The summed E-state index contributed by atoms with van der Waals surface area (Å²) in [5.74, 6) is 0. The Morgan fingerprint density at radius 1 is 0.900 bits per heavy atom. The van der Waals surface area contributed by atoms with Crippen molar-refractivity contribution in [3.63, 3.8) is 0 Å². The molecule has 17 nitrogen and oxygen atoms in total. The maximum Gasteiger partial charge on any atom is 0.170 e. The van der Waals surface area contributed by atoms with E-state index in [1.807, 2.05) is 0 Å². The lowest BCUT2D eigenvalue weighted by Crippen LogP contribution is -2.61. The lowest BCUT2D eigenvalue weighted by molar-refractivity contribution is -0.280. The van der Waals surface area contributed by atoms with Gasteiger partial charge in [0, 0.05) is 19.6 Å². The standard InChI is InChI=1S/C12H17FN12O5/c13-6-7(21-25-17)12(29-5(9(6)27)2-18-22-14)30-11-4(20-24-16)1-3(19-23-15)8(26)10(11)28/h3-12,26-28H,1-2H2. The summed E-state index contributed by atoms with van der Waals surface area (Å²) in [5, 5.41) is 43.7. The molecule has 18 heteroatoms. The number of halogens is 1. The zero-order valence-corrected chi connectivity index (χ0v) is 15.1. The van der Waals surface area contributed by atoms with Crippen LogP contribution in [0.25, 0.3) is 41.8 Å². The monoisotopic (exact) mass is 428 g/mol. The molecule has 3 N–H and O–H groups in total. The van der Waals surface area contributed by atoms with Gasteiger partial charge in [0.05, 0.1) is 36.9 Å². The predicted octanol–water partition coefficient (Wildman–Crippen LogP) is 1.27. The maximum absolute atomic E-state index is 14.6. The first-order valence-electron chi connectivity index (χ1n) is 8.52. The Balaban J connectivity index is 2.33. The van der Waals surface area contributed by atoms with E-state index in [-0.39, 0.29) is 6.42 Å². The number of alkyl halides is 1. The van der Waals surface area contributed by atoms with Gasteiger partial charge in [-0.2, -0.15) is 0 Å². The van der Waals surface area contributed by atoms with Crippen LogP contribution >= 0.6 is 0 Å². The molecule has 1 saturated carbocycles. The Hall–Kier alpha value is -3.03. The Labute approximate surface area is 166 Å². The highest BCUT2D eigenvalue weighted by Crippen LogP contribution is 2.33. The summed E-state index contributed by atoms with van der Waals surface area (Å²) in [7, 11) is 0. The van der Waals surface area contributed by atoms with E-state index in [0.29, 0.717) is 0 Å². The molecule has 0 bridgehead atoms. The lowest BCUT2D eigenvalue weighted by atomic mass is 9.84. The highest BCUT2D eigenvalue weighted by atomic mass is 19.1. The Morgan fingerprint density at radius 2 is 1.53 bits per heavy atom. The van der Waals surface area contributed by atoms with E-state index < -0.39 is 67.7 Å². The van der Waals surface area contributed by atoms with Gasteiger partial charge in [0.1, 0.15) is 24.4 Å². The number of aliphatic hydroxyl groups is 3. The number of rotatable bonds is 7. The predicted molar refractivity (Wildman–Crippen MR) is 93.9 cm³/mol. The molecule has 10 unspecified atom stereocenters. The van der Waals surface area contributed by atoms with Crippen molar-refractivity contribution in [1.29, 1.82) is 0 Å². The molecular formula is C12H17FN12O5. The minimum Gasteiger partial charge on any atom is -0.390 e. The van der Waals surface area contributed by atoms with E-state index in [1.165, 1.54) is 0 Å². The number of aliphatic hydroxyl groups excluding tert-OH is 3. The smallest absolute Gasteiger partial charge is 0.170 e. The van der Waals surface area contributed by atoms with Crippen molar-refractivity contribution < 1.29 is 29.2 Å². The van der Waals surface area contributed by atoms with Gasteiger partial charge in [-0.25, -0.2) is 4.39 Å². The normalized spacial score (nSPS) is 40.7. The molecule has 0 aromatic rings. The fourth-order valence-electron chi connectivity index (χ4n) is 3.31. The van der Waals surface area contributed by atoms with E-state index in [2.05, 4.69) is 40.1 Å². The highest BCUT2D eigenvalue weighted by molar-refractivity contribution is 5.02. The molecule has 30 heavy (non-hydrogen) atoms. The largest absolute Gasteiger partial charge is 0.390 e. The van der Waals surface area contributed by atoms with Crippen molar-refractivity contribution in [3.05, 3.63) is 41.8 Å². The molecular weight excluding hydrogens is 411 g/mol. The summed E-state index contributed by atoms with van der Waals surface area (Å²) in [5.41, 5.74) is 34.5. The molecule has 1 heterocycles. The van der Waals surface area contributed by atoms with Gasteiger partial charge in [-0.15, -0.1) is 0 Å². The Kier molecular flexibility index (Phi) is 8.26. The molecule has 0 aromatic heterocycles. The van der Waals surface area contributed by atoms with Gasteiger partial charge in [-0.1, -0.05) is 20.5 Å². The van der Waals surface area contributed by atoms with Crippen LogP contribution in [0, 0.1) is 0 Å². The van der Waals surface area contributed by atoms with Gasteiger partial charge < -0.3 is 24.8 Å². The fourth-order valence-corrected chi connectivity index (χ4v) is 3.31. The van der Waals surface area contributed by atoms with Crippen molar-refractivity contribution in [3.8, 4) is 0 Å². The van der Waals surface area contributed by atoms with Crippen LogP contribution in [0.3, 0.4) is 0 Å². The van der Waals surface area contributed by atoms with E-state index in [1.54, 1.807) is 0 Å². The minimum absolute atomic E-state index is 0.209. The third-order valence-electron chi connectivity index (χ3n) is 4.77. The highest BCUT2D eigenvalue weighted by Gasteiger charge is 2.50. The van der Waals surface area contributed by atoms with Crippen LogP contribution in [0.2, 0.25) is 0 Å². The first-order chi connectivity index (χ1) is 14.4. The van der Waals surface area contributed by atoms with Gasteiger partial charge in [0.25, 0.3) is 0 Å². The van der Waals surface area contributed by atoms with E-state index in [0.717, 1.165) is 0 Å². The second-order valence-electron chi connectivity index (χ2n) is 6.45.